The van der Waals surface area contributed by atoms with E-state index in [-0.39, 0.29) is 23.2 Å². The number of H-pyrrole nitrogens is 1. The van der Waals surface area contributed by atoms with Crippen molar-refractivity contribution in [2.24, 2.45) is 5.92 Å². The van der Waals surface area contributed by atoms with E-state index in [0.29, 0.717) is 16.8 Å². The summed E-state index contributed by atoms with van der Waals surface area (Å²) in [5, 5.41) is 3.28. The highest BCUT2D eigenvalue weighted by Gasteiger charge is 2.46. The van der Waals surface area contributed by atoms with Crippen molar-refractivity contribution in [2.45, 2.75) is 38.6 Å². The van der Waals surface area contributed by atoms with E-state index in [2.05, 4.69) is 10.3 Å². The average Bonchev–Trinajstić information content (AvgIpc) is 2.66. The number of amides is 1. The van der Waals surface area contributed by atoms with Crippen LogP contribution in [0.1, 0.15) is 52.0 Å². The van der Waals surface area contributed by atoms with E-state index in [4.69, 9.17) is 0 Å². The Morgan fingerprint density at radius 1 is 1.03 bits per heavy atom. The van der Waals surface area contributed by atoms with Crippen molar-refractivity contribution >= 4 is 5.91 Å². The minimum Gasteiger partial charge on any atom is -0.338 e. The zero-order valence-corrected chi connectivity index (χ0v) is 17.2. The van der Waals surface area contributed by atoms with Crippen molar-refractivity contribution in [3.05, 3.63) is 105 Å². The molecule has 5 heteroatoms. The van der Waals surface area contributed by atoms with Gasteiger partial charge in [0.25, 0.3) is 5.91 Å². The van der Waals surface area contributed by atoms with Crippen LogP contribution in [0.2, 0.25) is 0 Å². The Balaban J connectivity index is 1.90. The molecule has 30 heavy (non-hydrogen) atoms. The van der Waals surface area contributed by atoms with Crippen molar-refractivity contribution in [3.63, 3.8) is 0 Å². The first-order valence-corrected chi connectivity index (χ1v) is 10.3. The number of halogens is 1. The molecule has 1 aromatic heterocycles. The number of hydrogen-bond donors (Lipinski definition) is 2. The Labute approximate surface area is 175 Å². The Morgan fingerprint density at radius 3 is 2.33 bits per heavy atom. The second kappa shape index (κ2) is 7.90. The molecule has 1 aliphatic carbocycles. The van der Waals surface area contributed by atoms with Crippen LogP contribution in [0.15, 0.2) is 65.5 Å². The number of pyridine rings is 1. The SMILES string of the molecule is Cc1cc(=O)[nH]c(C)c1C(=O)N[C@@](c1ccccc1)(c1cccc(F)c1)C1CCC1. The van der Waals surface area contributed by atoms with Crippen LogP contribution in [0.25, 0.3) is 0 Å². The summed E-state index contributed by atoms with van der Waals surface area (Å²) in [5.74, 6) is -0.465. The Hall–Kier alpha value is -3.21. The summed E-state index contributed by atoms with van der Waals surface area (Å²) in [6.45, 7) is 3.48. The van der Waals surface area contributed by atoms with Crippen LogP contribution in [-0.2, 0) is 5.54 Å². The fourth-order valence-electron chi connectivity index (χ4n) is 4.60. The van der Waals surface area contributed by atoms with Gasteiger partial charge < -0.3 is 10.3 Å². The Kier molecular flexibility index (Phi) is 5.29. The van der Waals surface area contributed by atoms with E-state index in [9.17, 15) is 14.0 Å². The molecule has 1 fully saturated rings. The summed E-state index contributed by atoms with van der Waals surface area (Å²) in [5.41, 5.74) is 2.15. The number of carbonyl (C=O) groups is 1. The number of carbonyl (C=O) groups excluding carboxylic acids is 1. The maximum Gasteiger partial charge on any atom is 0.254 e. The van der Waals surface area contributed by atoms with Gasteiger partial charge in [-0.2, -0.15) is 0 Å². The Morgan fingerprint density at radius 2 is 1.73 bits per heavy atom. The number of rotatable bonds is 5. The lowest BCUT2D eigenvalue weighted by Gasteiger charge is -2.47. The molecule has 2 aromatic carbocycles. The van der Waals surface area contributed by atoms with Gasteiger partial charge in [-0.1, -0.05) is 48.9 Å². The normalized spacial score (nSPS) is 15.8. The topological polar surface area (TPSA) is 62.0 Å². The molecule has 1 saturated carbocycles. The van der Waals surface area contributed by atoms with Crippen LogP contribution in [0.4, 0.5) is 4.39 Å². The Bertz CT molecular complexity index is 1110. The number of benzene rings is 2. The fourth-order valence-corrected chi connectivity index (χ4v) is 4.60. The lowest BCUT2D eigenvalue weighted by atomic mass is 9.64. The predicted octanol–water partition coefficient (Wildman–Crippen LogP) is 4.60. The molecule has 0 saturated heterocycles. The van der Waals surface area contributed by atoms with Crippen LogP contribution >= 0.6 is 0 Å². The third-order valence-corrected chi connectivity index (χ3v) is 6.19. The predicted molar refractivity (Wildman–Crippen MR) is 115 cm³/mol. The second-order valence-electron chi connectivity index (χ2n) is 8.08. The van der Waals surface area contributed by atoms with Gasteiger partial charge in [0.15, 0.2) is 0 Å². The number of aromatic amines is 1. The highest BCUT2D eigenvalue weighted by Crippen LogP contribution is 2.47. The number of aryl methyl sites for hydroxylation is 2. The molecule has 154 valence electrons. The lowest BCUT2D eigenvalue weighted by molar-refractivity contribution is 0.0823. The molecule has 1 amide bonds. The molecule has 1 atom stereocenters. The molecule has 0 bridgehead atoms. The number of aromatic nitrogens is 1. The highest BCUT2D eigenvalue weighted by atomic mass is 19.1. The van der Waals surface area contributed by atoms with Crippen molar-refractivity contribution < 1.29 is 9.18 Å². The maximum atomic E-state index is 14.3. The molecule has 4 nitrogen and oxygen atoms in total. The third-order valence-electron chi connectivity index (χ3n) is 6.19. The summed E-state index contributed by atoms with van der Waals surface area (Å²) >= 11 is 0. The molecule has 2 N–H and O–H groups in total. The molecule has 0 spiro atoms. The lowest BCUT2D eigenvalue weighted by Crippen LogP contribution is -2.54. The van der Waals surface area contributed by atoms with E-state index in [1.165, 1.54) is 18.2 Å². The summed E-state index contributed by atoms with van der Waals surface area (Å²) in [6, 6.07) is 17.7. The van der Waals surface area contributed by atoms with Crippen LogP contribution in [-0.4, -0.2) is 10.9 Å². The quantitative estimate of drug-likeness (QED) is 0.653. The van der Waals surface area contributed by atoms with Gasteiger partial charge >= 0.3 is 0 Å². The minimum absolute atomic E-state index is 0.147. The average molecular weight is 404 g/mol. The molecule has 4 rings (SSSR count). The molecule has 0 unspecified atom stereocenters. The largest absolute Gasteiger partial charge is 0.338 e. The second-order valence-corrected chi connectivity index (χ2v) is 8.08. The van der Waals surface area contributed by atoms with Crippen molar-refractivity contribution in [3.8, 4) is 0 Å². The summed E-state index contributed by atoms with van der Waals surface area (Å²) in [4.78, 5) is 28.1. The number of nitrogens with one attached hydrogen (secondary N) is 2. The molecule has 1 aliphatic rings. The van der Waals surface area contributed by atoms with Crippen molar-refractivity contribution in [1.29, 1.82) is 0 Å². The van der Waals surface area contributed by atoms with Gasteiger partial charge in [0, 0.05) is 11.8 Å². The van der Waals surface area contributed by atoms with Gasteiger partial charge in [0.1, 0.15) is 5.82 Å². The summed E-state index contributed by atoms with van der Waals surface area (Å²) in [6.07, 6.45) is 2.95. The number of hydrogen-bond acceptors (Lipinski definition) is 2. The molecule has 0 radical (unpaired) electrons. The highest BCUT2D eigenvalue weighted by molar-refractivity contribution is 5.97. The summed E-state index contributed by atoms with van der Waals surface area (Å²) < 4.78 is 14.3. The monoisotopic (exact) mass is 404 g/mol. The van der Waals surface area contributed by atoms with E-state index < -0.39 is 5.54 Å². The molecule has 3 aromatic rings. The van der Waals surface area contributed by atoms with Crippen LogP contribution in [0.5, 0.6) is 0 Å². The van der Waals surface area contributed by atoms with E-state index in [1.54, 1.807) is 19.9 Å². The zero-order valence-electron chi connectivity index (χ0n) is 17.2. The molecular formula is C25H25FN2O2. The maximum absolute atomic E-state index is 14.3. The molecule has 1 heterocycles. The van der Waals surface area contributed by atoms with Gasteiger partial charge in [-0.05, 0) is 61.4 Å². The van der Waals surface area contributed by atoms with Crippen LogP contribution in [0.3, 0.4) is 0 Å². The van der Waals surface area contributed by atoms with Crippen LogP contribution < -0.4 is 10.9 Å². The van der Waals surface area contributed by atoms with Gasteiger partial charge in [-0.25, -0.2) is 4.39 Å². The standard InChI is InChI=1S/C25H25FN2O2/c1-16-14-22(29)27-17(2)23(16)24(30)28-25(19-10-6-11-19,18-8-4-3-5-9-18)20-12-7-13-21(26)15-20/h3-5,7-9,12-15,19H,6,10-11H2,1-2H3,(H,27,29)(H,28,30)/t25-/m1/s1. The van der Waals surface area contributed by atoms with E-state index in [1.807, 2.05) is 36.4 Å². The third kappa shape index (κ3) is 3.45. The van der Waals surface area contributed by atoms with E-state index in [0.717, 1.165) is 30.4 Å². The van der Waals surface area contributed by atoms with Crippen LogP contribution in [0, 0.1) is 25.6 Å². The first-order chi connectivity index (χ1) is 14.4. The van der Waals surface area contributed by atoms with Gasteiger partial charge in [0.2, 0.25) is 5.56 Å². The van der Waals surface area contributed by atoms with Gasteiger partial charge in [-0.15, -0.1) is 0 Å². The fraction of sp³-hybridized carbons (Fsp3) is 0.280. The smallest absolute Gasteiger partial charge is 0.254 e. The van der Waals surface area contributed by atoms with Crippen molar-refractivity contribution in [1.82, 2.24) is 10.3 Å². The van der Waals surface area contributed by atoms with Crippen molar-refractivity contribution in [2.75, 3.05) is 0 Å². The van der Waals surface area contributed by atoms with E-state index >= 15 is 0 Å². The van der Waals surface area contributed by atoms with Gasteiger partial charge in [-0.3, -0.25) is 9.59 Å². The molecule has 0 aliphatic heterocycles. The first kappa shape index (κ1) is 20.1. The van der Waals surface area contributed by atoms with Gasteiger partial charge in [0.05, 0.1) is 11.1 Å². The zero-order chi connectivity index (χ0) is 21.3. The summed E-state index contributed by atoms with van der Waals surface area (Å²) in [7, 11) is 0. The first-order valence-electron chi connectivity index (χ1n) is 10.3. The minimum atomic E-state index is -0.853. The molecular weight excluding hydrogens is 379 g/mol.